The molecule has 0 spiro atoms. The molecule has 106 valence electrons. The predicted octanol–water partition coefficient (Wildman–Crippen LogP) is 1.94. The number of rotatable bonds is 8. The summed E-state index contributed by atoms with van der Waals surface area (Å²) in [6, 6.07) is 1.79. The number of anilines is 1. The molecule has 6 nitrogen and oxygen atoms in total. The topological polar surface area (TPSA) is 73.3 Å². The second-order valence-corrected chi connectivity index (χ2v) is 3.94. The Morgan fingerprint density at radius 3 is 2.79 bits per heavy atom. The quantitative estimate of drug-likeness (QED) is 0.573. The standard InChI is InChI=1S/C13H21N3O3/c1-4-18-11-9-10(3)15-13(16-11)14-8-6-7-12(17)19-5-2/h9H,4-8H2,1-3H3,(H,14,15,16). The van der Waals surface area contributed by atoms with Crippen molar-refractivity contribution in [2.45, 2.75) is 33.6 Å². The molecule has 0 bridgehead atoms. The minimum absolute atomic E-state index is 0.176. The number of nitrogens with one attached hydrogen (secondary N) is 1. The monoisotopic (exact) mass is 267 g/mol. The van der Waals surface area contributed by atoms with E-state index >= 15 is 0 Å². The molecule has 6 heteroatoms. The Morgan fingerprint density at radius 2 is 2.11 bits per heavy atom. The minimum atomic E-state index is -0.176. The number of carbonyl (C=O) groups excluding carboxylic acids is 1. The maximum absolute atomic E-state index is 11.1. The zero-order valence-corrected chi connectivity index (χ0v) is 11.7. The Labute approximate surface area is 113 Å². The van der Waals surface area contributed by atoms with Gasteiger partial charge < -0.3 is 14.8 Å². The number of aromatic nitrogens is 2. The van der Waals surface area contributed by atoms with Crippen LogP contribution in [0.3, 0.4) is 0 Å². The van der Waals surface area contributed by atoms with E-state index in [1.807, 2.05) is 13.8 Å². The fraction of sp³-hybridized carbons (Fsp3) is 0.615. The molecule has 0 saturated carbocycles. The van der Waals surface area contributed by atoms with Crippen molar-refractivity contribution in [3.63, 3.8) is 0 Å². The van der Waals surface area contributed by atoms with Crippen LogP contribution in [0.1, 0.15) is 32.4 Å². The van der Waals surface area contributed by atoms with Crippen molar-refractivity contribution in [3.05, 3.63) is 11.8 Å². The van der Waals surface area contributed by atoms with E-state index in [9.17, 15) is 4.79 Å². The first-order chi connectivity index (χ1) is 9.15. The van der Waals surface area contributed by atoms with Crippen molar-refractivity contribution in [1.29, 1.82) is 0 Å². The lowest BCUT2D eigenvalue weighted by Crippen LogP contribution is -2.10. The number of hydrogen-bond donors (Lipinski definition) is 1. The fourth-order valence-electron chi connectivity index (χ4n) is 1.51. The molecule has 19 heavy (non-hydrogen) atoms. The maximum Gasteiger partial charge on any atom is 0.305 e. The highest BCUT2D eigenvalue weighted by Gasteiger charge is 2.04. The van der Waals surface area contributed by atoms with Crippen molar-refractivity contribution >= 4 is 11.9 Å². The van der Waals surface area contributed by atoms with E-state index < -0.39 is 0 Å². The van der Waals surface area contributed by atoms with Crippen molar-refractivity contribution < 1.29 is 14.3 Å². The highest BCUT2D eigenvalue weighted by atomic mass is 16.5. The molecule has 0 atom stereocenters. The smallest absolute Gasteiger partial charge is 0.305 e. The van der Waals surface area contributed by atoms with Crippen LogP contribution in [0.25, 0.3) is 0 Å². The molecular weight excluding hydrogens is 246 g/mol. The molecule has 0 aromatic carbocycles. The van der Waals surface area contributed by atoms with Gasteiger partial charge in [-0.15, -0.1) is 0 Å². The number of aryl methyl sites for hydroxylation is 1. The summed E-state index contributed by atoms with van der Waals surface area (Å²) in [7, 11) is 0. The number of ether oxygens (including phenoxy) is 2. The average molecular weight is 267 g/mol. The third kappa shape index (κ3) is 6.03. The Kier molecular flexibility index (Phi) is 6.63. The Bertz CT molecular complexity index is 410. The van der Waals surface area contributed by atoms with Crippen LogP contribution in [0, 0.1) is 6.92 Å². The van der Waals surface area contributed by atoms with Gasteiger partial charge in [0.05, 0.1) is 13.2 Å². The van der Waals surface area contributed by atoms with Crippen LogP contribution in [0.15, 0.2) is 6.07 Å². The molecular formula is C13H21N3O3. The van der Waals surface area contributed by atoms with E-state index in [0.717, 1.165) is 5.69 Å². The largest absolute Gasteiger partial charge is 0.478 e. The van der Waals surface area contributed by atoms with E-state index in [1.165, 1.54) is 0 Å². The lowest BCUT2D eigenvalue weighted by atomic mass is 10.3. The molecule has 0 fully saturated rings. The maximum atomic E-state index is 11.1. The van der Waals surface area contributed by atoms with Gasteiger partial charge in [0.15, 0.2) is 0 Å². The van der Waals surface area contributed by atoms with Crippen LogP contribution in [0.4, 0.5) is 5.95 Å². The highest BCUT2D eigenvalue weighted by molar-refractivity contribution is 5.69. The number of hydrogen-bond acceptors (Lipinski definition) is 6. The normalized spacial score (nSPS) is 10.1. The molecule has 0 aliphatic carbocycles. The van der Waals surface area contributed by atoms with Gasteiger partial charge in [-0.3, -0.25) is 4.79 Å². The molecule has 0 aliphatic heterocycles. The van der Waals surface area contributed by atoms with Gasteiger partial charge >= 0.3 is 5.97 Å². The number of carbonyl (C=O) groups is 1. The van der Waals surface area contributed by atoms with E-state index in [1.54, 1.807) is 13.0 Å². The Morgan fingerprint density at radius 1 is 1.32 bits per heavy atom. The summed E-state index contributed by atoms with van der Waals surface area (Å²) in [6.07, 6.45) is 1.07. The Hall–Kier alpha value is -1.85. The molecule has 0 amide bonds. The van der Waals surface area contributed by atoms with E-state index in [-0.39, 0.29) is 5.97 Å². The molecule has 1 aromatic rings. The second kappa shape index (κ2) is 8.29. The summed E-state index contributed by atoms with van der Waals surface area (Å²) >= 11 is 0. The summed E-state index contributed by atoms with van der Waals surface area (Å²) < 4.78 is 10.2. The van der Waals surface area contributed by atoms with Gasteiger partial charge in [-0.1, -0.05) is 0 Å². The van der Waals surface area contributed by atoms with Crippen molar-refractivity contribution in [2.24, 2.45) is 0 Å². The molecule has 1 rings (SSSR count). The SMILES string of the molecule is CCOC(=O)CCCNc1nc(C)cc(OCC)n1. The van der Waals surface area contributed by atoms with Crippen LogP contribution in [-0.4, -0.2) is 35.7 Å². The predicted molar refractivity (Wildman–Crippen MR) is 72.3 cm³/mol. The summed E-state index contributed by atoms with van der Waals surface area (Å²) in [4.78, 5) is 19.6. The van der Waals surface area contributed by atoms with Crippen LogP contribution < -0.4 is 10.1 Å². The molecule has 1 heterocycles. The van der Waals surface area contributed by atoms with Gasteiger partial charge in [0.2, 0.25) is 11.8 Å². The third-order valence-electron chi connectivity index (χ3n) is 2.27. The molecule has 0 saturated heterocycles. The van der Waals surface area contributed by atoms with Crippen LogP contribution in [0.2, 0.25) is 0 Å². The molecule has 1 N–H and O–H groups in total. The van der Waals surface area contributed by atoms with Crippen LogP contribution in [0.5, 0.6) is 5.88 Å². The lowest BCUT2D eigenvalue weighted by molar-refractivity contribution is -0.143. The lowest BCUT2D eigenvalue weighted by Gasteiger charge is -2.08. The molecule has 0 aliphatic rings. The highest BCUT2D eigenvalue weighted by Crippen LogP contribution is 2.11. The van der Waals surface area contributed by atoms with Gasteiger partial charge in [-0.05, 0) is 27.2 Å². The second-order valence-electron chi connectivity index (χ2n) is 3.94. The van der Waals surface area contributed by atoms with Gasteiger partial charge in [0.25, 0.3) is 0 Å². The van der Waals surface area contributed by atoms with E-state index in [4.69, 9.17) is 9.47 Å². The summed E-state index contributed by atoms with van der Waals surface area (Å²) in [5.41, 5.74) is 0.839. The third-order valence-corrected chi connectivity index (χ3v) is 2.27. The first-order valence-corrected chi connectivity index (χ1v) is 6.53. The van der Waals surface area contributed by atoms with Crippen LogP contribution in [-0.2, 0) is 9.53 Å². The minimum Gasteiger partial charge on any atom is -0.478 e. The van der Waals surface area contributed by atoms with Gasteiger partial charge in [-0.2, -0.15) is 4.98 Å². The molecule has 0 unspecified atom stereocenters. The fourth-order valence-corrected chi connectivity index (χ4v) is 1.51. The zero-order valence-electron chi connectivity index (χ0n) is 11.7. The van der Waals surface area contributed by atoms with E-state index in [0.29, 0.717) is 44.4 Å². The average Bonchev–Trinajstić information content (AvgIpc) is 2.35. The summed E-state index contributed by atoms with van der Waals surface area (Å²) in [5.74, 6) is 0.902. The number of esters is 1. The molecule has 0 radical (unpaired) electrons. The first kappa shape index (κ1) is 15.2. The van der Waals surface area contributed by atoms with Gasteiger partial charge in [0, 0.05) is 24.7 Å². The summed E-state index contributed by atoms with van der Waals surface area (Å²) in [5, 5.41) is 3.07. The zero-order chi connectivity index (χ0) is 14.1. The first-order valence-electron chi connectivity index (χ1n) is 6.53. The van der Waals surface area contributed by atoms with Crippen molar-refractivity contribution in [1.82, 2.24) is 9.97 Å². The van der Waals surface area contributed by atoms with Crippen molar-refractivity contribution in [2.75, 3.05) is 25.1 Å². The Balaban J connectivity index is 2.38. The van der Waals surface area contributed by atoms with Gasteiger partial charge in [-0.25, -0.2) is 4.98 Å². The summed E-state index contributed by atoms with van der Waals surface area (Å²) in [6.45, 7) is 7.20. The number of nitrogens with zero attached hydrogens (tertiary/aromatic N) is 2. The van der Waals surface area contributed by atoms with Gasteiger partial charge in [0.1, 0.15) is 0 Å². The van der Waals surface area contributed by atoms with Crippen molar-refractivity contribution in [3.8, 4) is 5.88 Å². The van der Waals surface area contributed by atoms with E-state index in [2.05, 4.69) is 15.3 Å². The molecule has 1 aromatic heterocycles. The van der Waals surface area contributed by atoms with Crippen LogP contribution >= 0.6 is 0 Å².